The molecule has 1 aromatic heterocycles. The fourth-order valence-electron chi connectivity index (χ4n) is 2.16. The summed E-state index contributed by atoms with van der Waals surface area (Å²) in [5, 5.41) is 8.93. The van der Waals surface area contributed by atoms with Crippen molar-refractivity contribution in [2.45, 2.75) is 6.42 Å². The molecule has 0 saturated carbocycles. The third-order valence-electron chi connectivity index (χ3n) is 2.91. The van der Waals surface area contributed by atoms with Crippen molar-refractivity contribution >= 4 is 12.2 Å². The zero-order valence-electron chi connectivity index (χ0n) is 8.45. The average Bonchev–Trinajstić information content (AvgIpc) is 2.66. The van der Waals surface area contributed by atoms with Gasteiger partial charge in [-0.15, -0.1) is 0 Å². The van der Waals surface area contributed by atoms with Gasteiger partial charge >= 0.3 is 0 Å². The number of nitrogens with one attached hydrogen (secondary N) is 1. The Morgan fingerprint density at radius 2 is 2.06 bits per heavy atom. The van der Waals surface area contributed by atoms with E-state index in [1.807, 2.05) is 18.2 Å². The van der Waals surface area contributed by atoms with Crippen molar-refractivity contribution in [2.75, 3.05) is 0 Å². The number of pyridine rings is 1. The van der Waals surface area contributed by atoms with E-state index in [2.05, 4.69) is 23.2 Å². The zero-order chi connectivity index (χ0) is 11.1. The molecule has 76 valence electrons. The van der Waals surface area contributed by atoms with Gasteiger partial charge in [-0.1, -0.05) is 36.5 Å². The van der Waals surface area contributed by atoms with Gasteiger partial charge in [0.1, 0.15) is 10.7 Å². The largest absolute Gasteiger partial charge is 0.345 e. The van der Waals surface area contributed by atoms with E-state index in [4.69, 9.17) is 17.5 Å². The first-order valence-electron chi connectivity index (χ1n) is 5.04. The molecule has 16 heavy (non-hydrogen) atoms. The molecule has 1 aromatic carbocycles. The van der Waals surface area contributed by atoms with Crippen LogP contribution in [0.4, 0.5) is 0 Å². The third-order valence-corrected chi connectivity index (χ3v) is 3.23. The normalized spacial score (nSPS) is 11.7. The maximum absolute atomic E-state index is 8.93. The molecule has 0 fully saturated rings. The lowest BCUT2D eigenvalue weighted by Crippen LogP contribution is -1.89. The molecule has 3 rings (SSSR count). The standard InChI is InChI=1S/C13H8N2S/c14-7-10-6-9-5-8-3-1-2-4-11(8)12(9)15-13(10)16/h1-4,6H,5H2,(H,15,16). The van der Waals surface area contributed by atoms with Crippen LogP contribution in [-0.2, 0) is 6.42 Å². The summed E-state index contributed by atoms with van der Waals surface area (Å²) in [6, 6.07) is 12.3. The van der Waals surface area contributed by atoms with Gasteiger partial charge in [0.25, 0.3) is 0 Å². The van der Waals surface area contributed by atoms with Gasteiger partial charge in [-0.25, -0.2) is 0 Å². The van der Waals surface area contributed by atoms with Crippen molar-refractivity contribution in [3.05, 3.63) is 51.7 Å². The Balaban J connectivity index is 2.32. The number of aromatic nitrogens is 1. The number of benzene rings is 1. The van der Waals surface area contributed by atoms with Crippen LogP contribution in [0.15, 0.2) is 30.3 Å². The second-order valence-electron chi connectivity index (χ2n) is 3.86. The topological polar surface area (TPSA) is 39.6 Å². The summed E-state index contributed by atoms with van der Waals surface area (Å²) in [7, 11) is 0. The van der Waals surface area contributed by atoms with Crippen molar-refractivity contribution in [3.63, 3.8) is 0 Å². The first-order chi connectivity index (χ1) is 7.79. The molecule has 0 saturated heterocycles. The number of hydrogen-bond acceptors (Lipinski definition) is 2. The lowest BCUT2D eigenvalue weighted by atomic mass is 10.1. The highest BCUT2D eigenvalue weighted by Gasteiger charge is 2.19. The van der Waals surface area contributed by atoms with E-state index in [1.54, 1.807) is 0 Å². The van der Waals surface area contributed by atoms with Gasteiger partial charge in [-0.3, -0.25) is 0 Å². The number of nitrogens with zero attached hydrogens (tertiary/aromatic N) is 1. The lowest BCUT2D eigenvalue weighted by Gasteiger charge is -2.01. The summed E-state index contributed by atoms with van der Waals surface area (Å²) in [5.74, 6) is 0. The first-order valence-corrected chi connectivity index (χ1v) is 5.45. The fourth-order valence-corrected chi connectivity index (χ4v) is 2.37. The molecule has 1 aliphatic rings. The maximum Gasteiger partial charge on any atom is 0.121 e. The number of fused-ring (bicyclic) bond motifs is 3. The van der Waals surface area contributed by atoms with Gasteiger partial charge in [0.2, 0.25) is 0 Å². The summed E-state index contributed by atoms with van der Waals surface area (Å²) < 4.78 is 0.526. The molecule has 0 amide bonds. The summed E-state index contributed by atoms with van der Waals surface area (Å²) in [6.45, 7) is 0. The number of rotatable bonds is 0. The van der Waals surface area contributed by atoms with Crippen LogP contribution in [0.2, 0.25) is 0 Å². The zero-order valence-corrected chi connectivity index (χ0v) is 9.27. The van der Waals surface area contributed by atoms with Crippen LogP contribution in [-0.4, -0.2) is 4.98 Å². The smallest absolute Gasteiger partial charge is 0.121 e. The monoisotopic (exact) mass is 224 g/mol. The summed E-state index contributed by atoms with van der Waals surface area (Å²) >= 11 is 5.14. The molecule has 1 N–H and O–H groups in total. The Morgan fingerprint density at radius 3 is 2.88 bits per heavy atom. The highest BCUT2D eigenvalue weighted by atomic mass is 32.1. The fraction of sp³-hybridized carbons (Fsp3) is 0.0769. The molecule has 0 atom stereocenters. The minimum Gasteiger partial charge on any atom is -0.345 e. The van der Waals surface area contributed by atoms with Gasteiger partial charge in [0.05, 0.1) is 11.3 Å². The quantitative estimate of drug-likeness (QED) is 0.596. The SMILES string of the molecule is N#Cc1cc2c([nH]c1=S)-c1ccccc1C2. The van der Waals surface area contributed by atoms with E-state index >= 15 is 0 Å². The van der Waals surface area contributed by atoms with E-state index in [1.165, 1.54) is 11.1 Å². The van der Waals surface area contributed by atoms with Gasteiger partial charge in [-0.2, -0.15) is 5.26 Å². The van der Waals surface area contributed by atoms with Gasteiger partial charge in [0.15, 0.2) is 0 Å². The predicted octanol–water partition coefficient (Wildman–Crippen LogP) is 3.19. The van der Waals surface area contributed by atoms with E-state index in [0.29, 0.717) is 10.2 Å². The van der Waals surface area contributed by atoms with Gasteiger partial charge < -0.3 is 4.98 Å². The first kappa shape index (κ1) is 9.32. The van der Waals surface area contributed by atoms with Crippen molar-refractivity contribution in [1.82, 2.24) is 4.98 Å². The molecule has 2 nitrogen and oxygen atoms in total. The maximum atomic E-state index is 8.93. The second-order valence-corrected chi connectivity index (χ2v) is 4.27. The molecular weight excluding hydrogens is 216 g/mol. The molecule has 0 unspecified atom stereocenters. The molecular formula is C13H8N2S. The van der Waals surface area contributed by atoms with E-state index in [-0.39, 0.29) is 0 Å². The number of H-pyrrole nitrogens is 1. The van der Waals surface area contributed by atoms with Crippen LogP contribution < -0.4 is 0 Å². The van der Waals surface area contributed by atoms with E-state index in [0.717, 1.165) is 17.7 Å². The van der Waals surface area contributed by atoms with E-state index in [9.17, 15) is 0 Å². The van der Waals surface area contributed by atoms with Crippen LogP contribution in [0.3, 0.4) is 0 Å². The highest BCUT2D eigenvalue weighted by Crippen LogP contribution is 2.35. The van der Waals surface area contributed by atoms with Gasteiger partial charge in [-0.05, 0) is 17.2 Å². The molecule has 1 heterocycles. The molecule has 0 bridgehead atoms. The van der Waals surface area contributed by atoms with Crippen molar-refractivity contribution in [1.29, 1.82) is 5.26 Å². The van der Waals surface area contributed by atoms with Crippen molar-refractivity contribution < 1.29 is 0 Å². The second kappa shape index (κ2) is 3.29. The lowest BCUT2D eigenvalue weighted by molar-refractivity contribution is 1.20. The number of aromatic amines is 1. The number of nitriles is 1. The Kier molecular flexibility index (Phi) is 1.92. The van der Waals surface area contributed by atoms with Crippen LogP contribution in [0.25, 0.3) is 11.3 Å². The summed E-state index contributed by atoms with van der Waals surface area (Å²) in [4.78, 5) is 3.16. The molecule has 0 spiro atoms. The highest BCUT2D eigenvalue weighted by molar-refractivity contribution is 7.71. The Hall–Kier alpha value is -1.92. The molecule has 0 radical (unpaired) electrons. The minimum atomic E-state index is 0.526. The van der Waals surface area contributed by atoms with Crippen LogP contribution in [0.1, 0.15) is 16.7 Å². The predicted molar refractivity (Wildman–Crippen MR) is 64.6 cm³/mol. The van der Waals surface area contributed by atoms with Crippen LogP contribution in [0, 0.1) is 16.0 Å². The summed E-state index contributed by atoms with van der Waals surface area (Å²) in [5.41, 5.74) is 5.28. The Labute approximate surface area is 98.2 Å². The minimum absolute atomic E-state index is 0.526. The third kappa shape index (κ3) is 1.21. The van der Waals surface area contributed by atoms with E-state index < -0.39 is 0 Å². The molecule has 0 aliphatic heterocycles. The molecule has 2 aromatic rings. The van der Waals surface area contributed by atoms with Crippen LogP contribution in [0.5, 0.6) is 0 Å². The van der Waals surface area contributed by atoms with Crippen molar-refractivity contribution in [2.24, 2.45) is 0 Å². The number of hydrogen-bond donors (Lipinski definition) is 1. The molecule has 3 heteroatoms. The van der Waals surface area contributed by atoms with Crippen molar-refractivity contribution in [3.8, 4) is 17.3 Å². The average molecular weight is 224 g/mol. The Bertz CT molecular complexity index is 677. The molecule has 1 aliphatic carbocycles. The van der Waals surface area contributed by atoms with Crippen LogP contribution >= 0.6 is 12.2 Å². The Morgan fingerprint density at radius 1 is 1.25 bits per heavy atom. The van der Waals surface area contributed by atoms with Gasteiger partial charge in [0, 0.05) is 12.0 Å². The summed E-state index contributed by atoms with van der Waals surface area (Å²) in [6.07, 6.45) is 0.881.